The Kier molecular flexibility index (Phi) is 4.50. The van der Waals surface area contributed by atoms with Crippen LogP contribution >= 0.6 is 0 Å². The van der Waals surface area contributed by atoms with E-state index >= 15 is 0 Å². The van der Waals surface area contributed by atoms with Crippen molar-refractivity contribution in [2.75, 3.05) is 27.4 Å². The third kappa shape index (κ3) is 2.44. The van der Waals surface area contributed by atoms with Gasteiger partial charge in [0.2, 0.25) is 0 Å². The first-order valence-corrected chi connectivity index (χ1v) is 5.50. The third-order valence-corrected chi connectivity index (χ3v) is 3.08. The molecule has 4 nitrogen and oxygen atoms in total. The van der Waals surface area contributed by atoms with Crippen molar-refractivity contribution in [3.63, 3.8) is 0 Å². The SMILES string of the molecule is CCOC1(C)C(=O)C=C(OC)CC1COC. The zero-order valence-electron chi connectivity index (χ0n) is 10.4. The normalized spacial score (nSPS) is 30.1. The lowest BCUT2D eigenvalue weighted by molar-refractivity contribution is -0.150. The second-order valence-corrected chi connectivity index (χ2v) is 4.08. The molecule has 0 saturated heterocycles. The molecule has 0 amide bonds. The van der Waals surface area contributed by atoms with Crippen LogP contribution in [0.15, 0.2) is 11.8 Å². The van der Waals surface area contributed by atoms with Gasteiger partial charge in [0.05, 0.1) is 19.5 Å². The van der Waals surface area contributed by atoms with Crippen LogP contribution in [-0.4, -0.2) is 38.8 Å². The molecule has 16 heavy (non-hydrogen) atoms. The van der Waals surface area contributed by atoms with Gasteiger partial charge in [-0.15, -0.1) is 0 Å². The Labute approximate surface area is 96.6 Å². The molecule has 4 heteroatoms. The van der Waals surface area contributed by atoms with Crippen LogP contribution in [0.4, 0.5) is 0 Å². The maximum atomic E-state index is 12.0. The van der Waals surface area contributed by atoms with E-state index in [1.54, 1.807) is 14.2 Å². The summed E-state index contributed by atoms with van der Waals surface area (Å²) in [6, 6.07) is 0. The molecule has 2 atom stereocenters. The van der Waals surface area contributed by atoms with Crippen molar-refractivity contribution in [2.45, 2.75) is 25.9 Å². The van der Waals surface area contributed by atoms with Crippen molar-refractivity contribution in [2.24, 2.45) is 5.92 Å². The van der Waals surface area contributed by atoms with Gasteiger partial charge in [0.25, 0.3) is 0 Å². The van der Waals surface area contributed by atoms with E-state index in [2.05, 4.69) is 0 Å². The molecular weight excluding hydrogens is 208 g/mol. The van der Waals surface area contributed by atoms with E-state index in [9.17, 15) is 4.79 Å². The largest absolute Gasteiger partial charge is 0.501 e. The fourth-order valence-corrected chi connectivity index (χ4v) is 2.04. The van der Waals surface area contributed by atoms with Gasteiger partial charge in [0.1, 0.15) is 5.60 Å². The highest BCUT2D eigenvalue weighted by molar-refractivity contribution is 5.98. The molecule has 0 aromatic carbocycles. The Morgan fingerprint density at radius 2 is 2.19 bits per heavy atom. The third-order valence-electron chi connectivity index (χ3n) is 3.08. The minimum absolute atomic E-state index is 0.00454. The molecule has 0 spiro atoms. The summed E-state index contributed by atoms with van der Waals surface area (Å²) < 4.78 is 15.9. The number of ketones is 1. The van der Waals surface area contributed by atoms with Gasteiger partial charge in [-0.25, -0.2) is 0 Å². The van der Waals surface area contributed by atoms with Crippen molar-refractivity contribution in [1.82, 2.24) is 0 Å². The number of methoxy groups -OCH3 is 2. The summed E-state index contributed by atoms with van der Waals surface area (Å²) in [5, 5.41) is 0. The van der Waals surface area contributed by atoms with Crippen molar-refractivity contribution in [3.05, 3.63) is 11.8 Å². The van der Waals surface area contributed by atoms with Crippen LogP contribution in [0.25, 0.3) is 0 Å². The molecule has 0 N–H and O–H groups in total. The highest BCUT2D eigenvalue weighted by atomic mass is 16.5. The predicted octanol–water partition coefficient (Wildman–Crippen LogP) is 1.55. The first-order valence-electron chi connectivity index (χ1n) is 5.50. The van der Waals surface area contributed by atoms with Crippen LogP contribution in [-0.2, 0) is 19.0 Å². The molecular formula is C12H20O4. The van der Waals surface area contributed by atoms with Crippen molar-refractivity contribution < 1.29 is 19.0 Å². The summed E-state index contributed by atoms with van der Waals surface area (Å²) in [6.45, 7) is 4.71. The van der Waals surface area contributed by atoms with Gasteiger partial charge in [-0.05, 0) is 13.8 Å². The molecule has 2 unspecified atom stereocenters. The number of allylic oxidation sites excluding steroid dienone is 1. The van der Waals surface area contributed by atoms with Crippen LogP contribution in [0, 0.1) is 5.92 Å². The van der Waals surface area contributed by atoms with Gasteiger partial charge in [-0.3, -0.25) is 4.79 Å². The smallest absolute Gasteiger partial charge is 0.190 e. The predicted molar refractivity (Wildman–Crippen MR) is 60.1 cm³/mol. The molecule has 0 aliphatic heterocycles. The Morgan fingerprint density at radius 3 is 2.69 bits per heavy atom. The van der Waals surface area contributed by atoms with Gasteiger partial charge in [0, 0.05) is 32.1 Å². The Hall–Kier alpha value is -0.870. The van der Waals surface area contributed by atoms with Crippen LogP contribution in [0.5, 0.6) is 0 Å². The zero-order valence-corrected chi connectivity index (χ0v) is 10.4. The summed E-state index contributed by atoms with van der Waals surface area (Å²) in [5.74, 6) is 0.661. The Bertz CT molecular complexity index is 285. The van der Waals surface area contributed by atoms with E-state index in [0.717, 1.165) is 0 Å². The van der Waals surface area contributed by atoms with Crippen LogP contribution in [0.1, 0.15) is 20.3 Å². The summed E-state index contributed by atoms with van der Waals surface area (Å²) in [5.41, 5.74) is -0.785. The molecule has 0 heterocycles. The molecule has 1 aliphatic carbocycles. The Morgan fingerprint density at radius 1 is 1.50 bits per heavy atom. The molecule has 0 saturated carbocycles. The second-order valence-electron chi connectivity index (χ2n) is 4.08. The van der Waals surface area contributed by atoms with Gasteiger partial charge >= 0.3 is 0 Å². The quantitative estimate of drug-likeness (QED) is 0.716. The molecule has 0 bridgehead atoms. The van der Waals surface area contributed by atoms with Crippen LogP contribution < -0.4 is 0 Å². The summed E-state index contributed by atoms with van der Waals surface area (Å²) in [4.78, 5) is 12.0. The van der Waals surface area contributed by atoms with E-state index in [0.29, 0.717) is 25.4 Å². The molecule has 1 aliphatic rings. The maximum Gasteiger partial charge on any atom is 0.190 e. The maximum absolute atomic E-state index is 12.0. The summed E-state index contributed by atoms with van der Waals surface area (Å²) in [7, 11) is 3.20. The fourth-order valence-electron chi connectivity index (χ4n) is 2.04. The van der Waals surface area contributed by atoms with Crippen LogP contribution in [0.2, 0.25) is 0 Å². The lowest BCUT2D eigenvalue weighted by Crippen LogP contribution is -2.49. The second kappa shape index (κ2) is 5.46. The summed E-state index contributed by atoms with van der Waals surface area (Å²) >= 11 is 0. The molecule has 0 radical (unpaired) electrons. The number of carbonyl (C=O) groups is 1. The standard InChI is InChI=1S/C12H20O4/c1-5-16-12(2)9(8-14-3)6-10(15-4)7-11(12)13/h7,9H,5-6,8H2,1-4H3. The Balaban J connectivity index is 2.94. The molecule has 1 rings (SSSR count). The number of hydrogen-bond donors (Lipinski definition) is 0. The average Bonchev–Trinajstić information content (AvgIpc) is 2.25. The highest BCUT2D eigenvalue weighted by Gasteiger charge is 2.44. The lowest BCUT2D eigenvalue weighted by Gasteiger charge is -2.38. The van der Waals surface area contributed by atoms with E-state index < -0.39 is 5.60 Å². The van der Waals surface area contributed by atoms with Crippen LogP contribution in [0.3, 0.4) is 0 Å². The topological polar surface area (TPSA) is 44.8 Å². The first kappa shape index (κ1) is 13.2. The monoisotopic (exact) mass is 228 g/mol. The number of ether oxygens (including phenoxy) is 3. The van der Waals surface area contributed by atoms with E-state index in [-0.39, 0.29) is 11.7 Å². The molecule has 92 valence electrons. The number of rotatable bonds is 5. The molecule has 0 aromatic rings. The van der Waals surface area contributed by atoms with E-state index in [4.69, 9.17) is 14.2 Å². The minimum Gasteiger partial charge on any atom is -0.501 e. The van der Waals surface area contributed by atoms with Gasteiger partial charge in [-0.2, -0.15) is 0 Å². The number of carbonyl (C=O) groups excluding carboxylic acids is 1. The van der Waals surface area contributed by atoms with Gasteiger partial charge in [-0.1, -0.05) is 0 Å². The molecule has 0 fully saturated rings. The van der Waals surface area contributed by atoms with Gasteiger partial charge < -0.3 is 14.2 Å². The van der Waals surface area contributed by atoms with Crippen molar-refractivity contribution in [3.8, 4) is 0 Å². The average molecular weight is 228 g/mol. The van der Waals surface area contributed by atoms with Gasteiger partial charge in [0.15, 0.2) is 5.78 Å². The lowest BCUT2D eigenvalue weighted by atomic mass is 9.78. The van der Waals surface area contributed by atoms with E-state index in [1.165, 1.54) is 6.08 Å². The highest BCUT2D eigenvalue weighted by Crippen LogP contribution is 2.34. The number of hydrogen-bond acceptors (Lipinski definition) is 4. The summed E-state index contributed by atoms with van der Waals surface area (Å²) in [6.07, 6.45) is 2.20. The fraction of sp³-hybridized carbons (Fsp3) is 0.750. The van der Waals surface area contributed by atoms with Crippen molar-refractivity contribution in [1.29, 1.82) is 0 Å². The first-order chi connectivity index (χ1) is 7.58. The van der Waals surface area contributed by atoms with E-state index in [1.807, 2.05) is 13.8 Å². The van der Waals surface area contributed by atoms with Crippen molar-refractivity contribution >= 4 is 5.78 Å². The zero-order chi connectivity index (χ0) is 12.2. The minimum atomic E-state index is -0.785. The molecule has 0 aromatic heterocycles.